The minimum atomic E-state index is 0.461. The first kappa shape index (κ1) is 11.6. The molecule has 1 aliphatic heterocycles. The summed E-state index contributed by atoms with van der Waals surface area (Å²) < 4.78 is 0. The Labute approximate surface area is 108 Å². The molecule has 1 aromatic carbocycles. The van der Waals surface area contributed by atoms with E-state index in [4.69, 9.17) is 5.73 Å². The Hall–Kier alpha value is -0.470. The SMILES string of the molecule is NCC1(CC2CSc3ccccc32)CCCC1. The maximum Gasteiger partial charge on any atom is 0.0107 e. The summed E-state index contributed by atoms with van der Waals surface area (Å²) in [6.07, 6.45) is 6.80. The lowest BCUT2D eigenvalue weighted by molar-refractivity contribution is 0.265. The van der Waals surface area contributed by atoms with Crippen molar-refractivity contribution in [1.29, 1.82) is 0 Å². The van der Waals surface area contributed by atoms with Crippen LogP contribution in [0.15, 0.2) is 29.2 Å². The Morgan fingerprint density at radius 3 is 2.76 bits per heavy atom. The van der Waals surface area contributed by atoms with Gasteiger partial charge in [-0.3, -0.25) is 0 Å². The minimum Gasteiger partial charge on any atom is -0.330 e. The summed E-state index contributed by atoms with van der Waals surface area (Å²) in [7, 11) is 0. The molecule has 92 valence electrons. The van der Waals surface area contributed by atoms with Crippen molar-refractivity contribution >= 4 is 11.8 Å². The third-order valence-corrected chi connectivity index (χ3v) is 5.83. The molecule has 1 atom stereocenters. The molecule has 0 spiro atoms. The van der Waals surface area contributed by atoms with Crippen molar-refractivity contribution in [1.82, 2.24) is 0 Å². The standard InChI is InChI=1S/C15H21NS/c16-11-15(7-3-4-8-15)9-12-10-17-14-6-2-1-5-13(12)14/h1-2,5-6,12H,3-4,7-11,16H2. The normalized spacial score (nSPS) is 26.1. The van der Waals surface area contributed by atoms with E-state index >= 15 is 0 Å². The predicted molar refractivity (Wildman–Crippen MR) is 74.5 cm³/mol. The van der Waals surface area contributed by atoms with Gasteiger partial charge >= 0.3 is 0 Å². The van der Waals surface area contributed by atoms with Gasteiger partial charge in [-0.1, -0.05) is 31.0 Å². The van der Waals surface area contributed by atoms with Gasteiger partial charge in [-0.15, -0.1) is 11.8 Å². The lowest BCUT2D eigenvalue weighted by Crippen LogP contribution is -2.29. The molecule has 1 saturated carbocycles. The zero-order valence-corrected chi connectivity index (χ0v) is 11.1. The van der Waals surface area contributed by atoms with E-state index in [0.29, 0.717) is 5.41 Å². The molecule has 0 radical (unpaired) electrons. The summed E-state index contributed by atoms with van der Waals surface area (Å²) >= 11 is 2.03. The van der Waals surface area contributed by atoms with Gasteiger partial charge in [-0.2, -0.15) is 0 Å². The molecule has 0 saturated heterocycles. The molecular formula is C15H21NS. The molecule has 1 unspecified atom stereocenters. The van der Waals surface area contributed by atoms with E-state index in [2.05, 4.69) is 24.3 Å². The molecule has 0 bridgehead atoms. The Kier molecular flexibility index (Phi) is 3.18. The largest absolute Gasteiger partial charge is 0.330 e. The lowest BCUT2D eigenvalue weighted by Gasteiger charge is -2.30. The highest BCUT2D eigenvalue weighted by molar-refractivity contribution is 7.99. The van der Waals surface area contributed by atoms with E-state index in [9.17, 15) is 0 Å². The van der Waals surface area contributed by atoms with Crippen LogP contribution in [0.2, 0.25) is 0 Å². The molecule has 2 N–H and O–H groups in total. The van der Waals surface area contributed by atoms with Gasteiger partial charge in [-0.05, 0) is 48.8 Å². The van der Waals surface area contributed by atoms with Gasteiger partial charge in [0.15, 0.2) is 0 Å². The van der Waals surface area contributed by atoms with Crippen molar-refractivity contribution in [2.45, 2.75) is 42.9 Å². The maximum atomic E-state index is 6.06. The van der Waals surface area contributed by atoms with Gasteiger partial charge in [0.25, 0.3) is 0 Å². The summed E-state index contributed by atoms with van der Waals surface area (Å²) in [5.41, 5.74) is 8.10. The van der Waals surface area contributed by atoms with Gasteiger partial charge in [0.05, 0.1) is 0 Å². The molecule has 1 nitrogen and oxygen atoms in total. The summed E-state index contributed by atoms with van der Waals surface area (Å²) in [6.45, 7) is 0.885. The number of fused-ring (bicyclic) bond motifs is 1. The van der Waals surface area contributed by atoms with Crippen LogP contribution in [0.1, 0.15) is 43.6 Å². The van der Waals surface area contributed by atoms with E-state index in [1.807, 2.05) is 11.8 Å². The Morgan fingerprint density at radius 2 is 2.00 bits per heavy atom. The van der Waals surface area contributed by atoms with Crippen LogP contribution < -0.4 is 5.73 Å². The van der Waals surface area contributed by atoms with Crippen molar-refractivity contribution in [3.05, 3.63) is 29.8 Å². The first-order valence-electron chi connectivity index (χ1n) is 6.75. The zero-order chi connectivity index (χ0) is 11.7. The number of hydrogen-bond acceptors (Lipinski definition) is 2. The maximum absolute atomic E-state index is 6.06. The van der Waals surface area contributed by atoms with Gasteiger partial charge in [0.2, 0.25) is 0 Å². The smallest absolute Gasteiger partial charge is 0.0107 e. The second kappa shape index (κ2) is 4.66. The molecule has 1 aromatic rings. The molecule has 2 aliphatic rings. The molecule has 2 heteroatoms. The average Bonchev–Trinajstić information content (AvgIpc) is 2.99. The molecule has 1 fully saturated rings. The van der Waals surface area contributed by atoms with Crippen LogP contribution in [-0.4, -0.2) is 12.3 Å². The van der Waals surface area contributed by atoms with E-state index in [1.165, 1.54) is 42.8 Å². The third kappa shape index (κ3) is 2.13. The van der Waals surface area contributed by atoms with Crippen molar-refractivity contribution in [2.24, 2.45) is 11.1 Å². The Balaban J connectivity index is 1.79. The van der Waals surface area contributed by atoms with Gasteiger partial charge in [0, 0.05) is 10.6 Å². The molecule has 1 aliphatic carbocycles. The highest BCUT2D eigenvalue weighted by atomic mass is 32.2. The molecule has 1 heterocycles. The van der Waals surface area contributed by atoms with E-state index in [1.54, 1.807) is 5.56 Å². The molecule has 17 heavy (non-hydrogen) atoms. The second-order valence-corrected chi connectivity index (χ2v) is 6.72. The Bertz CT molecular complexity index is 396. The van der Waals surface area contributed by atoms with Gasteiger partial charge < -0.3 is 5.73 Å². The van der Waals surface area contributed by atoms with Crippen LogP contribution in [0.25, 0.3) is 0 Å². The van der Waals surface area contributed by atoms with E-state index in [-0.39, 0.29) is 0 Å². The molecule has 0 aromatic heterocycles. The van der Waals surface area contributed by atoms with Crippen molar-refractivity contribution < 1.29 is 0 Å². The highest BCUT2D eigenvalue weighted by Crippen LogP contribution is 2.49. The summed E-state index contributed by atoms with van der Waals surface area (Å²) in [6, 6.07) is 8.92. The van der Waals surface area contributed by atoms with Crippen molar-refractivity contribution in [2.75, 3.05) is 12.3 Å². The quantitative estimate of drug-likeness (QED) is 0.879. The fourth-order valence-electron chi connectivity index (χ4n) is 3.54. The second-order valence-electron chi connectivity index (χ2n) is 5.66. The van der Waals surface area contributed by atoms with E-state index in [0.717, 1.165) is 12.5 Å². The fraction of sp³-hybridized carbons (Fsp3) is 0.600. The van der Waals surface area contributed by atoms with Crippen LogP contribution in [0, 0.1) is 5.41 Å². The Morgan fingerprint density at radius 1 is 1.24 bits per heavy atom. The molecular weight excluding hydrogens is 226 g/mol. The minimum absolute atomic E-state index is 0.461. The van der Waals surface area contributed by atoms with Gasteiger partial charge in [0.1, 0.15) is 0 Å². The summed E-state index contributed by atoms with van der Waals surface area (Å²) in [5.74, 6) is 2.01. The number of hydrogen-bond donors (Lipinski definition) is 1. The van der Waals surface area contributed by atoms with Gasteiger partial charge in [-0.25, -0.2) is 0 Å². The number of rotatable bonds is 3. The summed E-state index contributed by atoms with van der Waals surface area (Å²) in [4.78, 5) is 1.50. The third-order valence-electron chi connectivity index (χ3n) is 4.58. The predicted octanol–water partition coefficient (Wildman–Crippen LogP) is 3.79. The van der Waals surface area contributed by atoms with E-state index < -0.39 is 0 Å². The van der Waals surface area contributed by atoms with Crippen LogP contribution in [0.3, 0.4) is 0 Å². The van der Waals surface area contributed by atoms with Crippen LogP contribution in [0.5, 0.6) is 0 Å². The first-order chi connectivity index (χ1) is 8.33. The van der Waals surface area contributed by atoms with Crippen molar-refractivity contribution in [3.63, 3.8) is 0 Å². The van der Waals surface area contributed by atoms with Crippen LogP contribution in [0.4, 0.5) is 0 Å². The lowest BCUT2D eigenvalue weighted by atomic mass is 9.76. The zero-order valence-electron chi connectivity index (χ0n) is 10.3. The first-order valence-corrected chi connectivity index (χ1v) is 7.73. The monoisotopic (exact) mass is 247 g/mol. The van der Waals surface area contributed by atoms with Crippen LogP contribution in [-0.2, 0) is 0 Å². The highest BCUT2D eigenvalue weighted by Gasteiger charge is 2.37. The average molecular weight is 247 g/mol. The number of thioether (sulfide) groups is 1. The van der Waals surface area contributed by atoms with Crippen molar-refractivity contribution in [3.8, 4) is 0 Å². The molecule has 0 amide bonds. The topological polar surface area (TPSA) is 26.0 Å². The molecule has 3 rings (SSSR count). The van der Waals surface area contributed by atoms with Crippen LogP contribution >= 0.6 is 11.8 Å². The summed E-state index contributed by atoms with van der Waals surface area (Å²) in [5, 5.41) is 0. The number of benzene rings is 1. The fourth-order valence-corrected chi connectivity index (χ4v) is 4.79. The number of nitrogens with two attached hydrogens (primary N) is 1.